The Hall–Kier alpha value is -1.31. The highest BCUT2D eigenvalue weighted by molar-refractivity contribution is 5.72. The molecule has 0 aliphatic rings. The topological polar surface area (TPSA) is 26.3 Å². The number of carbonyl (C=O) groups is 1. The molecule has 0 amide bonds. The molecular formula is C14H20O2. The Morgan fingerprint density at radius 3 is 2.44 bits per heavy atom. The van der Waals surface area contributed by atoms with Crippen molar-refractivity contribution in [3.05, 3.63) is 35.9 Å². The molecule has 0 atom stereocenters. The van der Waals surface area contributed by atoms with E-state index >= 15 is 0 Å². The zero-order chi connectivity index (χ0) is 12.0. The van der Waals surface area contributed by atoms with Crippen molar-refractivity contribution in [1.82, 2.24) is 0 Å². The van der Waals surface area contributed by atoms with Crippen molar-refractivity contribution in [2.24, 2.45) is 5.41 Å². The number of hydrogen-bond donors (Lipinski definition) is 0. The second-order valence-corrected chi connectivity index (χ2v) is 4.84. The highest BCUT2D eigenvalue weighted by atomic mass is 16.5. The molecule has 0 heterocycles. The van der Waals surface area contributed by atoms with Gasteiger partial charge in [-0.1, -0.05) is 51.1 Å². The average molecular weight is 220 g/mol. The highest BCUT2D eigenvalue weighted by Crippen LogP contribution is 2.19. The summed E-state index contributed by atoms with van der Waals surface area (Å²) in [4.78, 5) is 11.6. The zero-order valence-electron chi connectivity index (χ0n) is 10.3. The van der Waals surface area contributed by atoms with Gasteiger partial charge in [0.15, 0.2) is 0 Å². The van der Waals surface area contributed by atoms with E-state index in [-0.39, 0.29) is 11.4 Å². The first kappa shape index (κ1) is 12.8. The standard InChI is InChI=1S/C14H20O2/c1-4-14(2,3)11-16-13(15)10-12-8-6-5-7-9-12/h5-9H,4,10-11H2,1-3H3. The molecule has 0 aromatic heterocycles. The van der Waals surface area contributed by atoms with E-state index < -0.39 is 0 Å². The minimum Gasteiger partial charge on any atom is -0.465 e. The van der Waals surface area contributed by atoms with Crippen molar-refractivity contribution in [3.63, 3.8) is 0 Å². The van der Waals surface area contributed by atoms with Crippen molar-refractivity contribution in [1.29, 1.82) is 0 Å². The summed E-state index contributed by atoms with van der Waals surface area (Å²) in [5.74, 6) is -0.146. The van der Waals surface area contributed by atoms with Gasteiger partial charge in [0.1, 0.15) is 0 Å². The third-order valence-electron chi connectivity index (χ3n) is 2.77. The zero-order valence-corrected chi connectivity index (χ0v) is 10.3. The molecule has 0 N–H and O–H groups in total. The van der Waals surface area contributed by atoms with Crippen LogP contribution in [0, 0.1) is 5.41 Å². The van der Waals surface area contributed by atoms with Gasteiger partial charge in [0.05, 0.1) is 13.0 Å². The monoisotopic (exact) mass is 220 g/mol. The Kier molecular flexibility index (Phi) is 4.53. The highest BCUT2D eigenvalue weighted by Gasteiger charge is 2.17. The fraction of sp³-hybridized carbons (Fsp3) is 0.500. The fourth-order valence-corrected chi connectivity index (χ4v) is 1.19. The predicted molar refractivity (Wildman–Crippen MR) is 65.2 cm³/mol. The molecule has 88 valence electrons. The van der Waals surface area contributed by atoms with Crippen molar-refractivity contribution in [2.75, 3.05) is 6.61 Å². The van der Waals surface area contributed by atoms with Crippen LogP contribution in [0.2, 0.25) is 0 Å². The van der Waals surface area contributed by atoms with E-state index in [4.69, 9.17) is 4.74 Å². The normalized spacial score (nSPS) is 11.2. The van der Waals surface area contributed by atoms with Crippen LogP contribution in [0.25, 0.3) is 0 Å². The van der Waals surface area contributed by atoms with Gasteiger partial charge in [-0.25, -0.2) is 0 Å². The molecule has 16 heavy (non-hydrogen) atoms. The van der Waals surface area contributed by atoms with Crippen LogP contribution in [0.3, 0.4) is 0 Å². The number of carbonyl (C=O) groups excluding carboxylic acids is 1. The third kappa shape index (κ3) is 4.47. The van der Waals surface area contributed by atoms with E-state index in [1.54, 1.807) is 0 Å². The molecule has 0 aliphatic carbocycles. The van der Waals surface area contributed by atoms with E-state index in [0.29, 0.717) is 13.0 Å². The molecule has 0 saturated carbocycles. The van der Waals surface area contributed by atoms with Crippen LogP contribution in [0.5, 0.6) is 0 Å². The number of rotatable bonds is 5. The lowest BCUT2D eigenvalue weighted by Gasteiger charge is -2.21. The molecule has 2 heteroatoms. The molecule has 1 aromatic rings. The number of hydrogen-bond acceptors (Lipinski definition) is 2. The Balaban J connectivity index is 2.38. The summed E-state index contributed by atoms with van der Waals surface area (Å²) in [6.07, 6.45) is 1.37. The first-order chi connectivity index (χ1) is 7.53. The summed E-state index contributed by atoms with van der Waals surface area (Å²) in [5.41, 5.74) is 1.08. The van der Waals surface area contributed by atoms with E-state index in [0.717, 1.165) is 12.0 Å². The molecule has 0 bridgehead atoms. The van der Waals surface area contributed by atoms with E-state index in [1.807, 2.05) is 30.3 Å². The molecule has 0 aliphatic heterocycles. The third-order valence-corrected chi connectivity index (χ3v) is 2.77. The molecule has 1 rings (SSSR count). The van der Waals surface area contributed by atoms with Crippen LogP contribution in [-0.2, 0) is 16.0 Å². The Bertz CT molecular complexity index is 328. The lowest BCUT2D eigenvalue weighted by molar-refractivity contribution is -0.145. The Morgan fingerprint density at radius 2 is 1.88 bits per heavy atom. The van der Waals surface area contributed by atoms with Gasteiger partial charge >= 0.3 is 5.97 Å². The van der Waals surface area contributed by atoms with Gasteiger partial charge < -0.3 is 4.74 Å². The molecule has 0 radical (unpaired) electrons. The Labute approximate surface area is 97.6 Å². The molecule has 1 aromatic carbocycles. The maximum Gasteiger partial charge on any atom is 0.310 e. The van der Waals surface area contributed by atoms with Gasteiger partial charge in [-0.3, -0.25) is 4.79 Å². The fourth-order valence-electron chi connectivity index (χ4n) is 1.19. The van der Waals surface area contributed by atoms with Gasteiger partial charge in [0.2, 0.25) is 0 Å². The quantitative estimate of drug-likeness (QED) is 0.712. The summed E-state index contributed by atoms with van der Waals surface area (Å²) in [6, 6.07) is 9.67. The number of ether oxygens (including phenoxy) is 1. The van der Waals surface area contributed by atoms with Gasteiger partial charge in [0, 0.05) is 0 Å². The van der Waals surface area contributed by atoms with Crippen LogP contribution in [0.4, 0.5) is 0 Å². The maximum atomic E-state index is 11.6. The Morgan fingerprint density at radius 1 is 1.25 bits per heavy atom. The van der Waals surface area contributed by atoms with Gasteiger partial charge in [-0.2, -0.15) is 0 Å². The van der Waals surface area contributed by atoms with Crippen LogP contribution < -0.4 is 0 Å². The second kappa shape index (κ2) is 5.69. The molecular weight excluding hydrogens is 200 g/mol. The van der Waals surface area contributed by atoms with Crippen molar-refractivity contribution >= 4 is 5.97 Å². The van der Waals surface area contributed by atoms with Crippen LogP contribution >= 0.6 is 0 Å². The average Bonchev–Trinajstić information content (AvgIpc) is 2.28. The predicted octanol–water partition coefficient (Wildman–Crippen LogP) is 3.21. The first-order valence-electron chi connectivity index (χ1n) is 5.73. The minimum atomic E-state index is -0.146. The lowest BCUT2D eigenvalue weighted by Crippen LogP contribution is -2.21. The summed E-state index contributed by atoms with van der Waals surface area (Å²) in [5, 5.41) is 0. The molecule has 0 spiro atoms. The molecule has 0 saturated heterocycles. The SMILES string of the molecule is CCC(C)(C)COC(=O)Cc1ccccc1. The molecule has 2 nitrogen and oxygen atoms in total. The van der Waals surface area contributed by atoms with Crippen molar-refractivity contribution < 1.29 is 9.53 Å². The first-order valence-corrected chi connectivity index (χ1v) is 5.73. The van der Waals surface area contributed by atoms with Gasteiger partial charge in [0.25, 0.3) is 0 Å². The number of esters is 1. The largest absolute Gasteiger partial charge is 0.465 e. The van der Waals surface area contributed by atoms with Crippen LogP contribution in [-0.4, -0.2) is 12.6 Å². The van der Waals surface area contributed by atoms with Gasteiger partial charge in [-0.15, -0.1) is 0 Å². The number of benzene rings is 1. The smallest absolute Gasteiger partial charge is 0.310 e. The maximum absolute atomic E-state index is 11.6. The van der Waals surface area contributed by atoms with E-state index in [2.05, 4.69) is 20.8 Å². The van der Waals surface area contributed by atoms with Crippen LogP contribution in [0.1, 0.15) is 32.8 Å². The molecule has 0 unspecified atom stereocenters. The van der Waals surface area contributed by atoms with Crippen molar-refractivity contribution in [2.45, 2.75) is 33.6 Å². The van der Waals surface area contributed by atoms with Crippen LogP contribution in [0.15, 0.2) is 30.3 Å². The summed E-state index contributed by atoms with van der Waals surface area (Å²) in [7, 11) is 0. The van der Waals surface area contributed by atoms with Gasteiger partial charge in [-0.05, 0) is 17.4 Å². The summed E-state index contributed by atoms with van der Waals surface area (Å²) >= 11 is 0. The van der Waals surface area contributed by atoms with Crippen molar-refractivity contribution in [3.8, 4) is 0 Å². The van der Waals surface area contributed by atoms with E-state index in [1.165, 1.54) is 0 Å². The lowest BCUT2D eigenvalue weighted by atomic mass is 9.92. The summed E-state index contributed by atoms with van der Waals surface area (Å²) in [6.45, 7) is 6.80. The minimum absolute atomic E-state index is 0.0757. The molecule has 0 fully saturated rings. The van der Waals surface area contributed by atoms with E-state index in [9.17, 15) is 4.79 Å². The summed E-state index contributed by atoms with van der Waals surface area (Å²) < 4.78 is 5.26. The second-order valence-electron chi connectivity index (χ2n) is 4.84.